The van der Waals surface area contributed by atoms with Crippen molar-refractivity contribution in [1.82, 2.24) is 0 Å². The van der Waals surface area contributed by atoms with E-state index in [4.69, 9.17) is 17.3 Å². The van der Waals surface area contributed by atoms with Crippen molar-refractivity contribution in [3.8, 4) is 0 Å². The van der Waals surface area contributed by atoms with E-state index in [1.54, 1.807) is 18.2 Å². The van der Waals surface area contributed by atoms with Crippen molar-refractivity contribution >= 4 is 17.9 Å². The summed E-state index contributed by atoms with van der Waals surface area (Å²) >= 11 is 5.65. The van der Waals surface area contributed by atoms with Crippen molar-refractivity contribution in [2.24, 2.45) is 5.73 Å². The van der Waals surface area contributed by atoms with E-state index in [1.165, 1.54) is 0 Å². The van der Waals surface area contributed by atoms with Crippen LogP contribution in [-0.4, -0.2) is 6.29 Å². The van der Waals surface area contributed by atoms with Crippen molar-refractivity contribution in [1.29, 1.82) is 0 Å². The van der Waals surface area contributed by atoms with Gasteiger partial charge in [0.05, 0.1) is 0 Å². The topological polar surface area (TPSA) is 43.1 Å². The number of aldehydes is 1. The minimum Gasteiger partial charge on any atom is -0.326 e. The smallest absolute Gasteiger partial charge is 0.150 e. The molecular weight excluding hydrogens is 162 g/mol. The molecule has 11 heavy (non-hydrogen) atoms. The number of hydrogen-bond acceptors (Lipinski definition) is 2. The maximum Gasteiger partial charge on any atom is 0.150 e. The molecule has 0 atom stereocenters. The van der Waals surface area contributed by atoms with Gasteiger partial charge < -0.3 is 5.73 Å². The quantitative estimate of drug-likeness (QED) is 0.684. The van der Waals surface area contributed by atoms with Crippen LogP contribution >= 0.6 is 11.6 Å². The minimum atomic E-state index is 0.366. The van der Waals surface area contributed by atoms with E-state index >= 15 is 0 Å². The number of nitrogens with two attached hydrogens (primary N) is 1. The highest BCUT2D eigenvalue weighted by molar-refractivity contribution is 6.30. The molecule has 1 aromatic rings. The van der Waals surface area contributed by atoms with Gasteiger partial charge in [0, 0.05) is 17.1 Å². The highest BCUT2D eigenvalue weighted by Crippen LogP contribution is 2.13. The molecule has 0 amide bonds. The molecule has 1 aromatic carbocycles. The third kappa shape index (κ3) is 1.79. The predicted molar refractivity (Wildman–Crippen MR) is 44.7 cm³/mol. The Hall–Kier alpha value is -0.860. The first-order valence-corrected chi connectivity index (χ1v) is 3.59. The fraction of sp³-hybridized carbons (Fsp3) is 0.125. The van der Waals surface area contributed by atoms with Crippen molar-refractivity contribution in [3.05, 3.63) is 34.3 Å². The molecule has 0 saturated heterocycles. The second-order valence-electron chi connectivity index (χ2n) is 2.17. The number of halogens is 1. The van der Waals surface area contributed by atoms with Crippen LogP contribution in [0.1, 0.15) is 15.9 Å². The normalized spacial score (nSPS) is 9.64. The maximum atomic E-state index is 10.4. The molecule has 0 aliphatic carbocycles. The summed E-state index contributed by atoms with van der Waals surface area (Å²) in [5, 5.41) is 0.560. The Balaban J connectivity index is 3.16. The number of rotatable bonds is 2. The summed E-state index contributed by atoms with van der Waals surface area (Å²) in [6.07, 6.45) is 0.758. The van der Waals surface area contributed by atoms with Crippen LogP contribution in [0.15, 0.2) is 18.2 Å². The molecule has 0 aliphatic rings. The third-order valence-electron chi connectivity index (χ3n) is 1.45. The van der Waals surface area contributed by atoms with Crippen LogP contribution < -0.4 is 5.73 Å². The lowest BCUT2D eigenvalue weighted by atomic mass is 10.1. The lowest BCUT2D eigenvalue weighted by molar-refractivity contribution is 0.112. The van der Waals surface area contributed by atoms with E-state index in [2.05, 4.69) is 0 Å². The van der Waals surface area contributed by atoms with Gasteiger partial charge in [0.15, 0.2) is 0 Å². The van der Waals surface area contributed by atoms with Crippen molar-refractivity contribution in [2.45, 2.75) is 6.54 Å². The summed E-state index contributed by atoms with van der Waals surface area (Å²) in [5.74, 6) is 0. The second-order valence-corrected chi connectivity index (χ2v) is 2.60. The standard InChI is InChI=1S/C8H8ClNO/c9-8-2-1-6(4-10)7(3-8)5-11/h1-3,5H,4,10H2. The van der Waals surface area contributed by atoms with Gasteiger partial charge in [-0.1, -0.05) is 17.7 Å². The molecule has 0 radical (unpaired) electrons. The molecule has 0 bridgehead atoms. The fourth-order valence-corrected chi connectivity index (χ4v) is 1.04. The first kappa shape index (κ1) is 8.24. The molecule has 2 N–H and O–H groups in total. The van der Waals surface area contributed by atoms with Gasteiger partial charge in [-0.05, 0) is 17.7 Å². The van der Waals surface area contributed by atoms with Gasteiger partial charge in [0.2, 0.25) is 0 Å². The van der Waals surface area contributed by atoms with Crippen molar-refractivity contribution < 1.29 is 4.79 Å². The molecule has 1 rings (SSSR count). The Morgan fingerprint density at radius 2 is 2.27 bits per heavy atom. The Kier molecular flexibility index (Phi) is 2.63. The lowest BCUT2D eigenvalue weighted by Crippen LogP contribution is -2.00. The molecule has 0 aliphatic heterocycles. The Bertz CT molecular complexity index is 273. The molecule has 0 heterocycles. The number of carbonyl (C=O) groups excluding carboxylic acids is 1. The Morgan fingerprint density at radius 3 is 2.82 bits per heavy atom. The van der Waals surface area contributed by atoms with Crippen molar-refractivity contribution in [2.75, 3.05) is 0 Å². The Morgan fingerprint density at radius 1 is 1.55 bits per heavy atom. The first-order valence-electron chi connectivity index (χ1n) is 3.21. The van der Waals surface area contributed by atoms with Crippen LogP contribution in [0.5, 0.6) is 0 Å². The van der Waals surface area contributed by atoms with Gasteiger partial charge in [-0.2, -0.15) is 0 Å². The molecule has 58 valence electrons. The second kappa shape index (κ2) is 3.51. The molecule has 2 nitrogen and oxygen atoms in total. The number of benzene rings is 1. The van der Waals surface area contributed by atoms with Crippen LogP contribution in [0.25, 0.3) is 0 Å². The van der Waals surface area contributed by atoms with Crippen LogP contribution in [0.2, 0.25) is 5.02 Å². The van der Waals surface area contributed by atoms with Gasteiger partial charge in [0.1, 0.15) is 6.29 Å². The summed E-state index contributed by atoms with van der Waals surface area (Å²) in [5.41, 5.74) is 6.77. The molecule has 0 aromatic heterocycles. The molecular formula is C8H8ClNO. The summed E-state index contributed by atoms with van der Waals surface area (Å²) in [6.45, 7) is 0.366. The van der Waals surface area contributed by atoms with E-state index in [1.807, 2.05) is 0 Å². The highest BCUT2D eigenvalue weighted by Gasteiger charge is 1.99. The molecule has 0 fully saturated rings. The largest absolute Gasteiger partial charge is 0.326 e. The Labute approximate surface area is 70.0 Å². The summed E-state index contributed by atoms with van der Waals surface area (Å²) in [7, 11) is 0. The van der Waals surface area contributed by atoms with Crippen LogP contribution in [0, 0.1) is 0 Å². The lowest BCUT2D eigenvalue weighted by Gasteiger charge is -2.00. The van der Waals surface area contributed by atoms with Crippen LogP contribution in [0.4, 0.5) is 0 Å². The molecule has 0 saturated carbocycles. The minimum absolute atomic E-state index is 0.366. The van der Waals surface area contributed by atoms with Gasteiger partial charge in [-0.3, -0.25) is 4.79 Å². The summed E-state index contributed by atoms with van der Waals surface area (Å²) in [6, 6.07) is 5.08. The monoisotopic (exact) mass is 169 g/mol. The van der Waals surface area contributed by atoms with Gasteiger partial charge in [-0.15, -0.1) is 0 Å². The van der Waals surface area contributed by atoms with Crippen LogP contribution in [-0.2, 0) is 6.54 Å². The highest BCUT2D eigenvalue weighted by atomic mass is 35.5. The van der Waals surface area contributed by atoms with E-state index in [0.29, 0.717) is 17.1 Å². The van der Waals surface area contributed by atoms with E-state index in [0.717, 1.165) is 11.8 Å². The summed E-state index contributed by atoms with van der Waals surface area (Å²) < 4.78 is 0. The maximum absolute atomic E-state index is 10.4. The van der Waals surface area contributed by atoms with E-state index < -0.39 is 0 Å². The number of hydrogen-bond donors (Lipinski definition) is 1. The van der Waals surface area contributed by atoms with Gasteiger partial charge in [0.25, 0.3) is 0 Å². The molecule has 3 heteroatoms. The molecule has 0 spiro atoms. The van der Waals surface area contributed by atoms with Crippen molar-refractivity contribution in [3.63, 3.8) is 0 Å². The zero-order valence-corrected chi connectivity index (χ0v) is 6.64. The van der Waals surface area contributed by atoms with Gasteiger partial charge in [-0.25, -0.2) is 0 Å². The number of carbonyl (C=O) groups is 1. The van der Waals surface area contributed by atoms with E-state index in [-0.39, 0.29) is 0 Å². The first-order chi connectivity index (χ1) is 5.27. The predicted octanol–water partition coefficient (Wildman–Crippen LogP) is 1.61. The zero-order chi connectivity index (χ0) is 8.27. The average Bonchev–Trinajstić information content (AvgIpc) is 2.04. The summed E-state index contributed by atoms with van der Waals surface area (Å²) in [4.78, 5) is 10.4. The fourth-order valence-electron chi connectivity index (χ4n) is 0.861. The third-order valence-corrected chi connectivity index (χ3v) is 1.69. The van der Waals surface area contributed by atoms with Crippen LogP contribution in [0.3, 0.4) is 0 Å². The van der Waals surface area contributed by atoms with E-state index in [9.17, 15) is 4.79 Å². The van der Waals surface area contributed by atoms with Gasteiger partial charge >= 0.3 is 0 Å². The average molecular weight is 170 g/mol. The molecule has 0 unspecified atom stereocenters. The SMILES string of the molecule is NCc1ccc(Cl)cc1C=O. The zero-order valence-electron chi connectivity index (χ0n) is 5.88.